The highest BCUT2D eigenvalue weighted by molar-refractivity contribution is 5.78. The maximum Gasteiger partial charge on any atom is 0.227 e. The van der Waals surface area contributed by atoms with E-state index in [-0.39, 0.29) is 5.91 Å². The van der Waals surface area contributed by atoms with Crippen LogP contribution in [-0.4, -0.2) is 58.8 Å². The molecule has 0 aromatic carbocycles. The summed E-state index contributed by atoms with van der Waals surface area (Å²) in [5.41, 5.74) is 2.01. The summed E-state index contributed by atoms with van der Waals surface area (Å²) < 4.78 is 1.74. The lowest BCUT2D eigenvalue weighted by Crippen LogP contribution is -2.33. The first-order valence-corrected chi connectivity index (χ1v) is 9.16. The van der Waals surface area contributed by atoms with Crippen molar-refractivity contribution in [1.82, 2.24) is 19.7 Å². The number of nitrogens with zero attached hydrogens (tertiary/aromatic N) is 5. The lowest BCUT2D eigenvalue weighted by Gasteiger charge is -2.21. The quantitative estimate of drug-likeness (QED) is 0.887. The molecule has 1 aliphatic heterocycles. The number of aryl methyl sites for hydroxylation is 1. The molecule has 1 unspecified atom stereocenters. The first-order chi connectivity index (χ1) is 12.5. The lowest BCUT2D eigenvalue weighted by atomic mass is 10.1. The molecule has 1 aliphatic rings. The van der Waals surface area contributed by atoms with Gasteiger partial charge in [0.05, 0.1) is 24.5 Å². The lowest BCUT2D eigenvalue weighted by molar-refractivity contribution is -0.130. The molecule has 1 amide bonds. The van der Waals surface area contributed by atoms with Crippen molar-refractivity contribution in [3.63, 3.8) is 0 Å². The number of rotatable bonds is 5. The fourth-order valence-corrected chi connectivity index (χ4v) is 3.31. The summed E-state index contributed by atoms with van der Waals surface area (Å²) in [5.74, 6) is 1.14. The minimum absolute atomic E-state index is 0.190. The molecule has 0 spiro atoms. The average molecular weight is 356 g/mol. The van der Waals surface area contributed by atoms with Gasteiger partial charge in [0.2, 0.25) is 5.91 Å². The van der Waals surface area contributed by atoms with Crippen molar-refractivity contribution in [2.24, 2.45) is 7.05 Å². The van der Waals surface area contributed by atoms with E-state index in [2.05, 4.69) is 21.5 Å². The molecule has 140 valence electrons. The SMILES string of the molecule is CN(C)c1ccc(NC2CCCN(C(=O)Cc3cnn(C)c3)CC2)cn1. The van der Waals surface area contributed by atoms with E-state index in [1.54, 1.807) is 10.9 Å². The molecule has 3 rings (SSSR count). The second-order valence-corrected chi connectivity index (χ2v) is 7.15. The smallest absolute Gasteiger partial charge is 0.227 e. The summed E-state index contributed by atoms with van der Waals surface area (Å²) in [6, 6.07) is 4.46. The highest BCUT2D eigenvalue weighted by Gasteiger charge is 2.21. The minimum Gasteiger partial charge on any atom is -0.381 e. The number of nitrogens with one attached hydrogen (secondary N) is 1. The van der Waals surface area contributed by atoms with Gasteiger partial charge in [-0.3, -0.25) is 9.48 Å². The number of likely N-dealkylation sites (tertiary alicyclic amines) is 1. The van der Waals surface area contributed by atoms with Crippen LogP contribution in [0.25, 0.3) is 0 Å². The molecule has 1 atom stereocenters. The zero-order valence-corrected chi connectivity index (χ0v) is 15.9. The molecule has 1 fully saturated rings. The van der Waals surface area contributed by atoms with Crippen molar-refractivity contribution >= 4 is 17.4 Å². The molecule has 7 nitrogen and oxygen atoms in total. The summed E-state index contributed by atoms with van der Waals surface area (Å²) >= 11 is 0. The Hall–Kier alpha value is -2.57. The monoisotopic (exact) mass is 356 g/mol. The fourth-order valence-electron chi connectivity index (χ4n) is 3.31. The molecule has 7 heteroatoms. The van der Waals surface area contributed by atoms with E-state index in [0.29, 0.717) is 12.5 Å². The number of hydrogen-bond acceptors (Lipinski definition) is 5. The number of amides is 1. The van der Waals surface area contributed by atoms with Crippen LogP contribution in [-0.2, 0) is 18.3 Å². The van der Waals surface area contributed by atoms with Gasteiger partial charge in [-0.2, -0.15) is 5.10 Å². The molecule has 26 heavy (non-hydrogen) atoms. The van der Waals surface area contributed by atoms with Gasteiger partial charge in [0.15, 0.2) is 0 Å². The number of carbonyl (C=O) groups excluding carboxylic acids is 1. The van der Waals surface area contributed by atoms with E-state index >= 15 is 0 Å². The van der Waals surface area contributed by atoms with Crippen LogP contribution in [0.15, 0.2) is 30.7 Å². The van der Waals surface area contributed by atoms with Gasteiger partial charge in [-0.05, 0) is 37.0 Å². The third-order valence-electron chi connectivity index (χ3n) is 4.77. The fraction of sp³-hybridized carbons (Fsp3) is 0.526. The molecular formula is C19H28N6O. The van der Waals surface area contributed by atoms with Gasteiger partial charge >= 0.3 is 0 Å². The van der Waals surface area contributed by atoms with E-state index in [0.717, 1.165) is 49.4 Å². The van der Waals surface area contributed by atoms with E-state index in [1.165, 1.54) is 0 Å². The van der Waals surface area contributed by atoms with Crippen LogP contribution < -0.4 is 10.2 Å². The van der Waals surface area contributed by atoms with E-state index < -0.39 is 0 Å². The Morgan fingerprint density at radius 1 is 1.27 bits per heavy atom. The molecular weight excluding hydrogens is 328 g/mol. The van der Waals surface area contributed by atoms with Crippen molar-refractivity contribution in [1.29, 1.82) is 0 Å². The maximum atomic E-state index is 12.5. The Bertz CT molecular complexity index is 724. The standard InChI is InChI=1S/C19H28N6O/c1-23(2)18-7-6-17(13-20-18)22-16-5-4-9-25(10-8-16)19(26)11-15-12-21-24(3)14-15/h6-7,12-14,16,22H,4-5,8-11H2,1-3H3. The third-order valence-corrected chi connectivity index (χ3v) is 4.77. The van der Waals surface area contributed by atoms with Crippen LogP contribution in [0.5, 0.6) is 0 Å². The minimum atomic E-state index is 0.190. The summed E-state index contributed by atoms with van der Waals surface area (Å²) in [6.07, 6.45) is 9.02. The number of anilines is 2. The Balaban J connectivity index is 1.52. The Kier molecular flexibility index (Phi) is 5.75. The Labute approximate surface area is 155 Å². The molecule has 0 radical (unpaired) electrons. The van der Waals surface area contributed by atoms with Gasteiger partial charge < -0.3 is 15.1 Å². The Morgan fingerprint density at radius 2 is 2.12 bits per heavy atom. The highest BCUT2D eigenvalue weighted by atomic mass is 16.2. The molecule has 0 bridgehead atoms. The average Bonchev–Trinajstić information content (AvgIpc) is 2.88. The first kappa shape index (κ1) is 18.2. The number of aromatic nitrogens is 3. The highest BCUT2D eigenvalue weighted by Crippen LogP contribution is 2.18. The van der Waals surface area contributed by atoms with Crippen LogP contribution in [0.3, 0.4) is 0 Å². The van der Waals surface area contributed by atoms with Gasteiger partial charge in [0.1, 0.15) is 5.82 Å². The van der Waals surface area contributed by atoms with Crippen molar-refractivity contribution in [3.05, 3.63) is 36.3 Å². The van der Waals surface area contributed by atoms with Gasteiger partial charge in [0.25, 0.3) is 0 Å². The number of hydrogen-bond donors (Lipinski definition) is 1. The molecule has 3 heterocycles. The number of pyridine rings is 1. The van der Waals surface area contributed by atoms with Crippen molar-refractivity contribution in [2.45, 2.75) is 31.7 Å². The molecule has 1 N–H and O–H groups in total. The molecule has 1 saturated heterocycles. The largest absolute Gasteiger partial charge is 0.381 e. The van der Waals surface area contributed by atoms with Crippen molar-refractivity contribution in [2.75, 3.05) is 37.4 Å². The number of carbonyl (C=O) groups is 1. The molecule has 0 saturated carbocycles. The predicted molar refractivity (Wildman–Crippen MR) is 103 cm³/mol. The normalized spacial score (nSPS) is 17.7. The predicted octanol–water partition coefficient (Wildman–Crippen LogP) is 1.92. The Morgan fingerprint density at radius 3 is 2.77 bits per heavy atom. The van der Waals surface area contributed by atoms with Crippen LogP contribution in [0.2, 0.25) is 0 Å². The molecule has 0 aliphatic carbocycles. The van der Waals surface area contributed by atoms with Crippen LogP contribution in [0, 0.1) is 0 Å². The van der Waals surface area contributed by atoms with Gasteiger partial charge in [-0.15, -0.1) is 0 Å². The molecule has 2 aromatic rings. The summed E-state index contributed by atoms with van der Waals surface area (Å²) in [5, 5.41) is 7.70. The summed E-state index contributed by atoms with van der Waals surface area (Å²) in [4.78, 5) is 21.0. The zero-order chi connectivity index (χ0) is 18.5. The first-order valence-electron chi connectivity index (χ1n) is 9.16. The van der Waals surface area contributed by atoms with Gasteiger partial charge in [-0.25, -0.2) is 4.98 Å². The zero-order valence-electron chi connectivity index (χ0n) is 15.9. The second kappa shape index (κ2) is 8.21. The maximum absolute atomic E-state index is 12.5. The second-order valence-electron chi connectivity index (χ2n) is 7.15. The van der Waals surface area contributed by atoms with Crippen LogP contribution >= 0.6 is 0 Å². The van der Waals surface area contributed by atoms with Crippen molar-refractivity contribution in [3.8, 4) is 0 Å². The molecule has 2 aromatic heterocycles. The van der Waals surface area contributed by atoms with E-state index in [4.69, 9.17) is 0 Å². The summed E-state index contributed by atoms with van der Waals surface area (Å²) in [6.45, 7) is 1.62. The van der Waals surface area contributed by atoms with Crippen molar-refractivity contribution < 1.29 is 4.79 Å². The third kappa shape index (κ3) is 4.74. The summed E-state index contributed by atoms with van der Waals surface area (Å²) in [7, 11) is 5.84. The van der Waals surface area contributed by atoms with Crippen LogP contribution in [0.4, 0.5) is 11.5 Å². The topological polar surface area (TPSA) is 66.3 Å². The van der Waals surface area contributed by atoms with E-state index in [9.17, 15) is 4.79 Å². The van der Waals surface area contributed by atoms with Gasteiger partial charge in [0, 0.05) is 46.5 Å². The van der Waals surface area contributed by atoms with E-state index in [1.807, 2.05) is 49.4 Å². The van der Waals surface area contributed by atoms with Crippen LogP contribution in [0.1, 0.15) is 24.8 Å². The van der Waals surface area contributed by atoms with Gasteiger partial charge in [-0.1, -0.05) is 0 Å².